The maximum Gasteiger partial charge on any atom is 0.265 e. The maximum atomic E-state index is 12.2. The summed E-state index contributed by atoms with van der Waals surface area (Å²) in [4.78, 5) is 10.7. The zero-order valence-corrected chi connectivity index (χ0v) is 12.4. The Kier molecular flexibility index (Phi) is 3.15. The van der Waals surface area contributed by atoms with Crippen molar-refractivity contribution in [2.75, 3.05) is 0 Å². The van der Waals surface area contributed by atoms with E-state index in [0.29, 0.717) is 5.56 Å². The van der Waals surface area contributed by atoms with Crippen LogP contribution < -0.4 is 4.72 Å². The number of carbonyl (C=O) groups excluding carboxylic acids is 1. The maximum absolute atomic E-state index is 12.2. The second kappa shape index (κ2) is 4.19. The number of hydrogen-bond donors (Lipinski definition) is 1. The van der Waals surface area contributed by atoms with E-state index < -0.39 is 40.8 Å². The molecule has 1 unspecified atom stereocenters. The van der Waals surface area contributed by atoms with Crippen LogP contribution in [0.15, 0.2) is 21.9 Å². The fraction of sp³-hybridized carbons (Fsp3) is 0.300. The van der Waals surface area contributed by atoms with Gasteiger partial charge in [-0.2, -0.15) is 0 Å². The van der Waals surface area contributed by atoms with Crippen LogP contribution in [0.2, 0.25) is 5.02 Å². The van der Waals surface area contributed by atoms with Gasteiger partial charge in [0, 0.05) is 5.02 Å². The molecule has 6 nitrogen and oxygen atoms in total. The molecular weight excluding hydrogens is 314 g/mol. The van der Waals surface area contributed by atoms with Gasteiger partial charge in [0.2, 0.25) is 0 Å². The van der Waals surface area contributed by atoms with E-state index in [4.69, 9.17) is 11.6 Å². The molecule has 0 aliphatic carbocycles. The summed E-state index contributed by atoms with van der Waals surface area (Å²) in [7, 11) is -8.30. The van der Waals surface area contributed by atoms with Crippen LogP contribution in [0.4, 0.5) is 0 Å². The lowest BCUT2D eigenvalue weighted by molar-refractivity contribution is -0.118. The van der Waals surface area contributed by atoms with Crippen LogP contribution in [-0.4, -0.2) is 28.0 Å². The van der Waals surface area contributed by atoms with Gasteiger partial charge in [0.05, 0.1) is 4.90 Å². The lowest BCUT2D eigenvalue weighted by atomic mass is 10.2. The standard InChI is InChI=1S/C10H10ClNO5S2/c1-5-3-9-8(4-7(5)11)18(14,15)6(2)10(13)12-19(9,16)17/h3-4,6H,1-2H3,(H,12,13). The number of benzene rings is 1. The highest BCUT2D eigenvalue weighted by atomic mass is 35.5. The fourth-order valence-corrected chi connectivity index (χ4v) is 5.20. The molecule has 0 fully saturated rings. The van der Waals surface area contributed by atoms with E-state index in [-0.39, 0.29) is 5.02 Å². The first-order chi connectivity index (χ1) is 8.57. The number of sulfonamides is 1. The van der Waals surface area contributed by atoms with Crippen molar-refractivity contribution in [1.82, 2.24) is 4.72 Å². The minimum absolute atomic E-state index is 0.124. The predicted octanol–water partition coefficient (Wildman–Crippen LogP) is 0.629. The third-order valence-electron chi connectivity index (χ3n) is 2.89. The van der Waals surface area contributed by atoms with Crippen molar-refractivity contribution in [2.45, 2.75) is 28.9 Å². The van der Waals surface area contributed by atoms with Crippen LogP contribution >= 0.6 is 11.6 Å². The summed E-state index contributed by atoms with van der Waals surface area (Å²) >= 11 is 5.84. The molecule has 1 atom stereocenters. The summed E-state index contributed by atoms with van der Waals surface area (Å²) in [6.07, 6.45) is 0. The molecule has 0 saturated heterocycles. The Bertz CT molecular complexity index is 782. The van der Waals surface area contributed by atoms with Gasteiger partial charge in [-0.3, -0.25) is 4.79 Å². The second-order valence-corrected chi connectivity index (χ2v) is 8.50. The number of hydrogen-bond acceptors (Lipinski definition) is 5. The second-order valence-electron chi connectivity index (χ2n) is 4.21. The molecule has 0 spiro atoms. The SMILES string of the molecule is Cc1cc2c(cc1Cl)S(=O)(=O)C(C)C(=O)NS2(=O)=O. The van der Waals surface area contributed by atoms with E-state index in [1.807, 2.05) is 0 Å². The van der Waals surface area contributed by atoms with Crippen molar-refractivity contribution >= 4 is 37.4 Å². The molecule has 2 rings (SSSR count). The van der Waals surface area contributed by atoms with Gasteiger partial charge < -0.3 is 0 Å². The Hall–Kier alpha value is -1.12. The lowest BCUT2D eigenvalue weighted by Gasteiger charge is -2.09. The molecule has 1 aromatic carbocycles. The minimum Gasteiger partial charge on any atom is -0.273 e. The van der Waals surface area contributed by atoms with E-state index in [0.717, 1.165) is 19.1 Å². The summed E-state index contributed by atoms with van der Waals surface area (Å²) < 4.78 is 50.1. The number of sulfone groups is 1. The monoisotopic (exact) mass is 323 g/mol. The van der Waals surface area contributed by atoms with Crippen molar-refractivity contribution in [1.29, 1.82) is 0 Å². The Morgan fingerprint density at radius 2 is 1.74 bits per heavy atom. The summed E-state index contributed by atoms with van der Waals surface area (Å²) in [5, 5.41) is -1.37. The smallest absolute Gasteiger partial charge is 0.265 e. The van der Waals surface area contributed by atoms with E-state index in [2.05, 4.69) is 0 Å². The molecule has 0 bridgehead atoms. The van der Waals surface area contributed by atoms with Gasteiger partial charge in [0.15, 0.2) is 9.84 Å². The van der Waals surface area contributed by atoms with Crippen LogP contribution in [0.1, 0.15) is 12.5 Å². The zero-order valence-electron chi connectivity index (χ0n) is 9.97. The van der Waals surface area contributed by atoms with Gasteiger partial charge in [-0.05, 0) is 31.5 Å². The Labute approximate surface area is 115 Å². The molecule has 0 radical (unpaired) electrons. The molecule has 0 saturated carbocycles. The first-order valence-electron chi connectivity index (χ1n) is 5.18. The van der Waals surface area contributed by atoms with E-state index in [1.165, 1.54) is 0 Å². The number of fused-ring (bicyclic) bond motifs is 1. The fourth-order valence-electron chi connectivity index (χ4n) is 1.67. The van der Waals surface area contributed by atoms with Gasteiger partial charge in [-0.1, -0.05) is 11.6 Å². The van der Waals surface area contributed by atoms with Crippen LogP contribution in [0, 0.1) is 6.92 Å². The van der Waals surface area contributed by atoms with Crippen LogP contribution in [-0.2, 0) is 24.7 Å². The van der Waals surface area contributed by atoms with Crippen LogP contribution in [0.5, 0.6) is 0 Å². The molecular formula is C10H10ClNO5S2. The molecule has 1 heterocycles. The third-order valence-corrected chi connectivity index (χ3v) is 6.91. The van der Waals surface area contributed by atoms with E-state index in [1.54, 1.807) is 11.6 Å². The topological polar surface area (TPSA) is 97.4 Å². The van der Waals surface area contributed by atoms with Crippen molar-refractivity contribution in [3.05, 3.63) is 22.7 Å². The molecule has 0 aromatic heterocycles. The number of aryl methyl sites for hydroxylation is 1. The molecule has 1 aliphatic rings. The third kappa shape index (κ3) is 2.13. The average molecular weight is 324 g/mol. The van der Waals surface area contributed by atoms with Gasteiger partial charge in [-0.15, -0.1) is 0 Å². The van der Waals surface area contributed by atoms with Crippen molar-refractivity contribution in [3.63, 3.8) is 0 Å². The highest BCUT2D eigenvalue weighted by Gasteiger charge is 2.40. The quantitative estimate of drug-likeness (QED) is 0.755. The Morgan fingerprint density at radius 1 is 1.16 bits per heavy atom. The number of halogens is 1. The normalized spacial score (nSPS) is 24.2. The summed E-state index contributed by atoms with van der Waals surface area (Å²) in [6.45, 7) is 2.67. The van der Waals surface area contributed by atoms with Gasteiger partial charge in [-0.25, -0.2) is 21.6 Å². The highest BCUT2D eigenvalue weighted by molar-refractivity contribution is 7.96. The van der Waals surface area contributed by atoms with E-state index >= 15 is 0 Å². The molecule has 1 aliphatic heterocycles. The van der Waals surface area contributed by atoms with Gasteiger partial charge in [0.25, 0.3) is 15.9 Å². The molecule has 1 N–H and O–H groups in total. The van der Waals surface area contributed by atoms with Gasteiger partial charge in [0.1, 0.15) is 10.1 Å². The van der Waals surface area contributed by atoms with Gasteiger partial charge >= 0.3 is 0 Å². The largest absolute Gasteiger partial charge is 0.273 e. The number of carbonyl (C=O) groups is 1. The molecule has 9 heteroatoms. The minimum atomic E-state index is -4.21. The zero-order chi connectivity index (χ0) is 14.6. The molecule has 19 heavy (non-hydrogen) atoms. The Balaban J connectivity index is 2.96. The van der Waals surface area contributed by atoms with Crippen molar-refractivity contribution in [3.8, 4) is 0 Å². The Morgan fingerprint density at radius 3 is 2.32 bits per heavy atom. The van der Waals surface area contributed by atoms with Crippen molar-refractivity contribution in [2.24, 2.45) is 0 Å². The summed E-state index contributed by atoms with van der Waals surface area (Å²) in [6, 6.07) is 2.21. The molecule has 104 valence electrons. The number of nitrogens with one attached hydrogen (secondary N) is 1. The molecule has 1 amide bonds. The van der Waals surface area contributed by atoms with Crippen LogP contribution in [0.3, 0.4) is 0 Å². The number of rotatable bonds is 0. The predicted molar refractivity (Wildman–Crippen MR) is 68.2 cm³/mol. The first-order valence-corrected chi connectivity index (χ1v) is 8.59. The average Bonchev–Trinajstić information content (AvgIpc) is 2.32. The first kappa shape index (κ1) is 14.3. The van der Waals surface area contributed by atoms with E-state index in [9.17, 15) is 21.6 Å². The highest BCUT2D eigenvalue weighted by Crippen LogP contribution is 2.32. The summed E-state index contributed by atoms with van der Waals surface area (Å²) in [5.74, 6) is -1.08. The molecule has 1 aromatic rings. The summed E-state index contributed by atoms with van der Waals surface area (Å²) in [5.41, 5.74) is 0.406. The number of amides is 1. The van der Waals surface area contributed by atoms with Crippen LogP contribution in [0.25, 0.3) is 0 Å². The van der Waals surface area contributed by atoms with Crippen molar-refractivity contribution < 1.29 is 21.6 Å². The lowest BCUT2D eigenvalue weighted by Crippen LogP contribution is -2.37.